The Kier molecular flexibility index (Phi) is 4.96. The second kappa shape index (κ2) is 6.01. The lowest BCUT2D eigenvalue weighted by Gasteiger charge is -2.26. The van der Waals surface area contributed by atoms with Crippen LogP contribution >= 0.6 is 11.6 Å². The van der Waals surface area contributed by atoms with E-state index in [9.17, 15) is 0 Å². The van der Waals surface area contributed by atoms with E-state index in [1.165, 1.54) is 0 Å². The van der Waals surface area contributed by atoms with Crippen molar-refractivity contribution in [1.29, 1.82) is 0 Å². The van der Waals surface area contributed by atoms with Gasteiger partial charge in [-0.3, -0.25) is 0 Å². The molecule has 1 N–H and O–H groups in total. The number of likely N-dealkylation sites (N-methyl/N-ethyl adjacent to an activating group) is 1. The maximum absolute atomic E-state index is 5.74. The molecule has 0 saturated carbocycles. The third-order valence-corrected chi connectivity index (χ3v) is 2.51. The van der Waals surface area contributed by atoms with Crippen LogP contribution in [0.4, 0.5) is 5.82 Å². The average Bonchev–Trinajstić information content (AvgIpc) is 2.15. The van der Waals surface area contributed by atoms with E-state index in [1.54, 1.807) is 6.20 Å². The second-order valence-electron chi connectivity index (χ2n) is 4.47. The van der Waals surface area contributed by atoms with Gasteiger partial charge in [-0.15, -0.1) is 0 Å². The van der Waals surface area contributed by atoms with Crippen molar-refractivity contribution < 1.29 is 0 Å². The Bertz CT molecular complexity index is 328. The summed E-state index contributed by atoms with van der Waals surface area (Å²) in [5.41, 5.74) is 0. The van der Waals surface area contributed by atoms with Crippen molar-refractivity contribution in [3.05, 3.63) is 17.5 Å². The molecular weight excluding hydrogens is 224 g/mol. The molecule has 0 aromatic carbocycles. The smallest absolute Gasteiger partial charge is 0.224 e. The minimum absolute atomic E-state index is 0.275. The van der Waals surface area contributed by atoms with Crippen LogP contribution in [0.15, 0.2) is 12.3 Å². The van der Waals surface area contributed by atoms with Crippen LogP contribution < -0.4 is 5.32 Å². The molecule has 5 heteroatoms. The largest absolute Gasteiger partial charge is 0.366 e. The fourth-order valence-electron chi connectivity index (χ4n) is 1.42. The predicted octanol–water partition coefficient (Wildman–Crippen LogP) is 2.13. The number of aromatic nitrogens is 2. The maximum Gasteiger partial charge on any atom is 0.224 e. The summed E-state index contributed by atoms with van der Waals surface area (Å²) in [6, 6.07) is 2.18. The monoisotopic (exact) mass is 242 g/mol. The van der Waals surface area contributed by atoms with Crippen molar-refractivity contribution in [3.8, 4) is 0 Å². The highest BCUT2D eigenvalue weighted by Crippen LogP contribution is 2.12. The SMILES string of the molecule is CC(C)C(CN(C)C)Nc1ccnc(Cl)n1. The van der Waals surface area contributed by atoms with Crippen LogP contribution in [-0.2, 0) is 0 Å². The molecule has 0 aliphatic heterocycles. The Hall–Kier alpha value is -0.870. The fourth-order valence-corrected chi connectivity index (χ4v) is 1.57. The topological polar surface area (TPSA) is 41.0 Å². The first-order valence-corrected chi connectivity index (χ1v) is 5.76. The van der Waals surface area contributed by atoms with Gasteiger partial charge in [-0.25, -0.2) is 9.97 Å². The molecule has 1 atom stereocenters. The number of halogens is 1. The van der Waals surface area contributed by atoms with Gasteiger partial charge >= 0.3 is 0 Å². The van der Waals surface area contributed by atoms with Gasteiger partial charge in [0.1, 0.15) is 5.82 Å². The zero-order valence-corrected chi connectivity index (χ0v) is 11.0. The summed E-state index contributed by atoms with van der Waals surface area (Å²) in [5.74, 6) is 1.30. The number of rotatable bonds is 5. The number of hydrogen-bond donors (Lipinski definition) is 1. The summed E-state index contributed by atoms with van der Waals surface area (Å²) in [5, 5.41) is 3.65. The van der Waals surface area contributed by atoms with Crippen molar-refractivity contribution in [2.45, 2.75) is 19.9 Å². The molecule has 0 bridgehead atoms. The van der Waals surface area contributed by atoms with E-state index in [2.05, 4.69) is 48.1 Å². The lowest BCUT2D eigenvalue weighted by molar-refractivity contribution is 0.344. The highest BCUT2D eigenvalue weighted by molar-refractivity contribution is 6.28. The highest BCUT2D eigenvalue weighted by atomic mass is 35.5. The second-order valence-corrected chi connectivity index (χ2v) is 4.81. The van der Waals surface area contributed by atoms with E-state index in [-0.39, 0.29) is 5.28 Å². The van der Waals surface area contributed by atoms with Gasteiger partial charge in [0, 0.05) is 18.8 Å². The van der Waals surface area contributed by atoms with Gasteiger partial charge in [-0.1, -0.05) is 13.8 Å². The van der Waals surface area contributed by atoms with Crippen LogP contribution in [0.2, 0.25) is 5.28 Å². The van der Waals surface area contributed by atoms with E-state index in [4.69, 9.17) is 11.6 Å². The van der Waals surface area contributed by atoms with Gasteiger partial charge in [0.2, 0.25) is 5.28 Å². The third-order valence-electron chi connectivity index (χ3n) is 2.33. The zero-order valence-electron chi connectivity index (χ0n) is 10.2. The summed E-state index contributed by atoms with van der Waals surface area (Å²) < 4.78 is 0. The van der Waals surface area contributed by atoms with Gasteiger partial charge in [0.05, 0.1) is 0 Å². The van der Waals surface area contributed by atoms with Crippen molar-refractivity contribution >= 4 is 17.4 Å². The van der Waals surface area contributed by atoms with Crippen molar-refractivity contribution in [1.82, 2.24) is 14.9 Å². The Morgan fingerprint density at radius 3 is 2.62 bits per heavy atom. The Morgan fingerprint density at radius 2 is 2.12 bits per heavy atom. The molecule has 4 nitrogen and oxygen atoms in total. The van der Waals surface area contributed by atoms with Gasteiger partial charge in [-0.05, 0) is 37.7 Å². The van der Waals surface area contributed by atoms with E-state index >= 15 is 0 Å². The first kappa shape index (κ1) is 13.2. The molecule has 0 aliphatic rings. The number of nitrogens with one attached hydrogen (secondary N) is 1. The van der Waals surface area contributed by atoms with Crippen LogP contribution in [-0.4, -0.2) is 41.5 Å². The van der Waals surface area contributed by atoms with Crippen molar-refractivity contribution in [2.24, 2.45) is 5.92 Å². The van der Waals surface area contributed by atoms with Crippen molar-refractivity contribution in [3.63, 3.8) is 0 Å². The standard InChI is InChI=1S/C11H19ClN4/c1-8(2)9(7-16(3)4)14-10-5-6-13-11(12)15-10/h5-6,8-9H,7H2,1-4H3,(H,13,14,15). The molecule has 0 radical (unpaired) electrons. The summed E-state index contributed by atoms with van der Waals surface area (Å²) in [4.78, 5) is 10.1. The molecular formula is C11H19ClN4. The Balaban J connectivity index is 2.68. The molecule has 1 aromatic rings. The number of hydrogen-bond acceptors (Lipinski definition) is 4. The average molecular weight is 243 g/mol. The predicted molar refractivity (Wildman–Crippen MR) is 67.8 cm³/mol. The van der Waals surface area contributed by atoms with Crippen LogP contribution in [0, 0.1) is 5.92 Å². The molecule has 1 rings (SSSR count). The first-order chi connectivity index (χ1) is 7.49. The quantitative estimate of drug-likeness (QED) is 0.804. The Labute approximate surface area is 102 Å². The molecule has 1 heterocycles. The third kappa shape index (κ3) is 4.33. The maximum atomic E-state index is 5.74. The summed E-state index contributed by atoms with van der Waals surface area (Å²) >= 11 is 5.74. The first-order valence-electron chi connectivity index (χ1n) is 5.39. The lowest BCUT2D eigenvalue weighted by atomic mass is 10.0. The molecule has 0 fully saturated rings. The molecule has 1 aromatic heterocycles. The van der Waals surface area contributed by atoms with Gasteiger partial charge < -0.3 is 10.2 Å². The van der Waals surface area contributed by atoms with Crippen LogP contribution in [0.5, 0.6) is 0 Å². The van der Waals surface area contributed by atoms with Crippen LogP contribution in [0.3, 0.4) is 0 Å². The molecule has 0 spiro atoms. The van der Waals surface area contributed by atoms with E-state index in [1.807, 2.05) is 6.07 Å². The normalized spacial score (nSPS) is 13.2. The highest BCUT2D eigenvalue weighted by Gasteiger charge is 2.14. The molecule has 16 heavy (non-hydrogen) atoms. The molecule has 1 unspecified atom stereocenters. The summed E-state index contributed by atoms with van der Waals surface area (Å²) in [6.45, 7) is 5.33. The Morgan fingerprint density at radius 1 is 1.44 bits per heavy atom. The zero-order chi connectivity index (χ0) is 12.1. The van der Waals surface area contributed by atoms with Crippen LogP contribution in [0.1, 0.15) is 13.8 Å². The molecule has 90 valence electrons. The molecule has 0 amide bonds. The molecule has 0 aliphatic carbocycles. The minimum Gasteiger partial charge on any atom is -0.366 e. The fraction of sp³-hybridized carbons (Fsp3) is 0.636. The van der Waals surface area contributed by atoms with Gasteiger partial charge in [0.15, 0.2) is 0 Å². The van der Waals surface area contributed by atoms with E-state index in [0.29, 0.717) is 12.0 Å². The number of nitrogens with zero attached hydrogens (tertiary/aromatic N) is 3. The minimum atomic E-state index is 0.275. The lowest BCUT2D eigenvalue weighted by Crippen LogP contribution is -2.36. The van der Waals surface area contributed by atoms with Gasteiger partial charge in [0.25, 0.3) is 0 Å². The summed E-state index contributed by atoms with van der Waals surface area (Å²) in [6.07, 6.45) is 1.66. The van der Waals surface area contributed by atoms with E-state index in [0.717, 1.165) is 12.4 Å². The molecule has 0 saturated heterocycles. The van der Waals surface area contributed by atoms with E-state index < -0.39 is 0 Å². The number of anilines is 1. The summed E-state index contributed by atoms with van der Waals surface area (Å²) in [7, 11) is 4.12. The van der Waals surface area contributed by atoms with Crippen LogP contribution in [0.25, 0.3) is 0 Å². The van der Waals surface area contributed by atoms with Crippen molar-refractivity contribution in [2.75, 3.05) is 26.0 Å². The van der Waals surface area contributed by atoms with Gasteiger partial charge in [-0.2, -0.15) is 0 Å².